The lowest BCUT2D eigenvalue weighted by Gasteiger charge is -2.30. The van der Waals surface area contributed by atoms with Crippen molar-refractivity contribution in [3.63, 3.8) is 0 Å². The Morgan fingerprint density at radius 3 is 2.46 bits per heavy atom. The van der Waals surface area contributed by atoms with Crippen LogP contribution in [0, 0.1) is 0 Å². The van der Waals surface area contributed by atoms with E-state index in [0.717, 1.165) is 35.8 Å². The maximum absolute atomic E-state index is 12.5. The van der Waals surface area contributed by atoms with Crippen LogP contribution in [0.15, 0.2) is 48.5 Å². The molecule has 6 nitrogen and oxygen atoms in total. The highest BCUT2D eigenvalue weighted by Gasteiger charge is 2.17. The molecule has 0 saturated carbocycles. The van der Waals surface area contributed by atoms with Crippen LogP contribution in [0.25, 0.3) is 0 Å². The highest BCUT2D eigenvalue weighted by molar-refractivity contribution is 5.93. The molecule has 1 aliphatic heterocycles. The average molecular weight is 383 g/mol. The molecule has 0 spiro atoms. The molecule has 6 heteroatoms. The van der Waals surface area contributed by atoms with Gasteiger partial charge in [-0.2, -0.15) is 0 Å². The molecule has 1 aliphatic rings. The van der Waals surface area contributed by atoms with Crippen LogP contribution < -0.4 is 20.3 Å². The summed E-state index contributed by atoms with van der Waals surface area (Å²) in [5, 5.41) is 5.81. The minimum Gasteiger partial charge on any atom is -0.471 e. The molecule has 2 N–H and O–H groups in total. The summed E-state index contributed by atoms with van der Waals surface area (Å²) >= 11 is 0. The van der Waals surface area contributed by atoms with Crippen molar-refractivity contribution in [1.29, 1.82) is 0 Å². The number of anilines is 2. The van der Waals surface area contributed by atoms with Crippen molar-refractivity contribution >= 4 is 17.4 Å². The summed E-state index contributed by atoms with van der Waals surface area (Å²) < 4.78 is 11.4. The number of rotatable bonds is 6. The Bertz CT molecular complexity index is 788. The number of ether oxygens (including phenoxy) is 2. The molecule has 2 amide bonds. The molecule has 1 fully saturated rings. The SMILES string of the molecule is CC(NC(=O)Nc1ccccc1N1CCOCC1)Oc1ccccc1C(C)C. The minimum absolute atomic E-state index is 0.296. The number of nitrogens with zero attached hydrogens (tertiary/aromatic N) is 1. The molecule has 1 saturated heterocycles. The molecule has 0 aromatic heterocycles. The van der Waals surface area contributed by atoms with E-state index < -0.39 is 6.23 Å². The molecule has 0 bridgehead atoms. The van der Waals surface area contributed by atoms with Crippen LogP contribution in [0.5, 0.6) is 5.75 Å². The number of urea groups is 1. The molecular weight excluding hydrogens is 354 g/mol. The van der Waals surface area contributed by atoms with Crippen molar-refractivity contribution in [2.75, 3.05) is 36.5 Å². The lowest BCUT2D eigenvalue weighted by Crippen LogP contribution is -2.40. The Labute approximate surface area is 166 Å². The number of carbonyl (C=O) groups excluding carboxylic acids is 1. The number of morpholine rings is 1. The van der Waals surface area contributed by atoms with Crippen LogP contribution in [0.3, 0.4) is 0 Å². The fourth-order valence-electron chi connectivity index (χ4n) is 3.29. The number of amides is 2. The van der Waals surface area contributed by atoms with E-state index in [1.54, 1.807) is 0 Å². The monoisotopic (exact) mass is 383 g/mol. The number of para-hydroxylation sites is 3. The summed E-state index contributed by atoms with van der Waals surface area (Å²) in [5.41, 5.74) is 2.89. The van der Waals surface area contributed by atoms with Gasteiger partial charge in [0, 0.05) is 13.1 Å². The van der Waals surface area contributed by atoms with Crippen LogP contribution in [0.1, 0.15) is 32.3 Å². The highest BCUT2D eigenvalue weighted by Crippen LogP contribution is 2.27. The number of benzene rings is 2. The summed E-state index contributed by atoms with van der Waals surface area (Å²) in [6.07, 6.45) is -0.463. The first-order valence-corrected chi connectivity index (χ1v) is 9.79. The Morgan fingerprint density at radius 1 is 1.04 bits per heavy atom. The third-order valence-corrected chi connectivity index (χ3v) is 4.68. The topological polar surface area (TPSA) is 62.8 Å². The van der Waals surface area contributed by atoms with Crippen LogP contribution in [-0.2, 0) is 4.74 Å². The van der Waals surface area contributed by atoms with Gasteiger partial charge in [0.05, 0.1) is 24.6 Å². The van der Waals surface area contributed by atoms with E-state index in [0.29, 0.717) is 19.1 Å². The first kappa shape index (κ1) is 20.0. The van der Waals surface area contributed by atoms with Crippen molar-refractivity contribution in [2.24, 2.45) is 0 Å². The summed E-state index contributed by atoms with van der Waals surface area (Å²) in [5.74, 6) is 1.14. The molecule has 3 rings (SSSR count). The van der Waals surface area contributed by atoms with Gasteiger partial charge in [0.15, 0.2) is 6.23 Å². The molecule has 0 aliphatic carbocycles. The lowest BCUT2D eigenvalue weighted by atomic mass is 10.0. The standard InChI is InChI=1S/C22H29N3O3/c1-16(2)18-8-4-7-11-21(18)28-17(3)23-22(26)24-19-9-5-6-10-20(19)25-12-14-27-15-13-25/h4-11,16-17H,12-15H2,1-3H3,(H2,23,24,26). The van der Waals surface area contributed by atoms with Crippen molar-refractivity contribution in [3.05, 3.63) is 54.1 Å². The van der Waals surface area contributed by atoms with Crippen molar-refractivity contribution in [3.8, 4) is 5.75 Å². The zero-order chi connectivity index (χ0) is 19.9. The van der Waals surface area contributed by atoms with Gasteiger partial charge in [-0.15, -0.1) is 0 Å². The quantitative estimate of drug-likeness (QED) is 0.734. The van der Waals surface area contributed by atoms with Gasteiger partial charge in [0.1, 0.15) is 5.75 Å². The van der Waals surface area contributed by atoms with Crippen molar-refractivity contribution in [2.45, 2.75) is 32.9 Å². The Hall–Kier alpha value is -2.73. The number of nitrogens with one attached hydrogen (secondary N) is 2. The van der Waals surface area contributed by atoms with Gasteiger partial charge in [-0.25, -0.2) is 4.79 Å². The molecule has 1 unspecified atom stereocenters. The van der Waals surface area contributed by atoms with E-state index >= 15 is 0 Å². The van der Waals surface area contributed by atoms with Gasteiger partial charge in [-0.3, -0.25) is 0 Å². The number of hydrogen-bond donors (Lipinski definition) is 2. The van der Waals surface area contributed by atoms with Crippen LogP contribution in [0.2, 0.25) is 0 Å². The predicted octanol–water partition coefficient (Wildman–Crippen LogP) is 4.19. The molecular formula is C22H29N3O3. The summed E-state index contributed by atoms with van der Waals surface area (Å²) in [7, 11) is 0. The van der Waals surface area contributed by atoms with E-state index in [-0.39, 0.29) is 6.03 Å². The third kappa shape index (κ3) is 5.16. The Balaban J connectivity index is 1.62. The van der Waals surface area contributed by atoms with Crippen LogP contribution in [0.4, 0.5) is 16.2 Å². The van der Waals surface area contributed by atoms with Gasteiger partial charge in [0.25, 0.3) is 0 Å². The van der Waals surface area contributed by atoms with E-state index in [1.165, 1.54) is 0 Å². The van der Waals surface area contributed by atoms with Gasteiger partial charge in [-0.1, -0.05) is 44.2 Å². The van der Waals surface area contributed by atoms with Crippen LogP contribution in [-0.4, -0.2) is 38.6 Å². The second-order valence-corrected chi connectivity index (χ2v) is 7.17. The molecule has 2 aromatic carbocycles. The van der Waals surface area contributed by atoms with Gasteiger partial charge >= 0.3 is 6.03 Å². The van der Waals surface area contributed by atoms with Gasteiger partial charge in [0.2, 0.25) is 0 Å². The molecule has 28 heavy (non-hydrogen) atoms. The molecule has 1 heterocycles. The molecule has 1 atom stereocenters. The van der Waals surface area contributed by atoms with E-state index in [1.807, 2.05) is 55.5 Å². The van der Waals surface area contributed by atoms with Crippen LogP contribution >= 0.6 is 0 Å². The minimum atomic E-state index is -0.463. The summed E-state index contributed by atoms with van der Waals surface area (Å²) in [4.78, 5) is 14.7. The summed E-state index contributed by atoms with van der Waals surface area (Å²) in [6.45, 7) is 9.08. The lowest BCUT2D eigenvalue weighted by molar-refractivity contribution is 0.123. The predicted molar refractivity (Wildman–Crippen MR) is 112 cm³/mol. The van der Waals surface area contributed by atoms with Gasteiger partial charge < -0.3 is 25.0 Å². The van der Waals surface area contributed by atoms with E-state index in [2.05, 4.69) is 29.4 Å². The number of hydrogen-bond acceptors (Lipinski definition) is 4. The zero-order valence-electron chi connectivity index (χ0n) is 16.8. The normalized spacial score (nSPS) is 15.2. The average Bonchev–Trinajstić information content (AvgIpc) is 2.69. The Morgan fingerprint density at radius 2 is 1.71 bits per heavy atom. The van der Waals surface area contributed by atoms with Crippen molar-refractivity contribution in [1.82, 2.24) is 5.32 Å². The fraction of sp³-hybridized carbons (Fsp3) is 0.409. The zero-order valence-corrected chi connectivity index (χ0v) is 16.8. The van der Waals surface area contributed by atoms with Gasteiger partial charge in [-0.05, 0) is 36.6 Å². The fourth-order valence-corrected chi connectivity index (χ4v) is 3.29. The third-order valence-electron chi connectivity index (χ3n) is 4.68. The Kier molecular flexibility index (Phi) is 6.76. The second-order valence-electron chi connectivity index (χ2n) is 7.17. The highest BCUT2D eigenvalue weighted by atomic mass is 16.5. The first-order valence-electron chi connectivity index (χ1n) is 9.79. The molecule has 0 radical (unpaired) electrons. The second kappa shape index (κ2) is 9.46. The van der Waals surface area contributed by atoms with E-state index in [9.17, 15) is 4.79 Å². The summed E-state index contributed by atoms with van der Waals surface area (Å²) in [6, 6.07) is 15.4. The molecule has 2 aromatic rings. The first-order chi connectivity index (χ1) is 13.5. The molecule has 150 valence electrons. The maximum atomic E-state index is 12.5. The smallest absolute Gasteiger partial charge is 0.322 e. The van der Waals surface area contributed by atoms with E-state index in [4.69, 9.17) is 9.47 Å². The maximum Gasteiger partial charge on any atom is 0.322 e. The number of carbonyl (C=O) groups is 1. The van der Waals surface area contributed by atoms with Crippen molar-refractivity contribution < 1.29 is 14.3 Å². The largest absolute Gasteiger partial charge is 0.471 e.